The molecular formula is C12H20O4. The van der Waals surface area contributed by atoms with E-state index in [1.54, 1.807) is 27.7 Å². The molecule has 0 N–H and O–H groups in total. The molecule has 0 aromatic rings. The normalized spacial score (nSPS) is 13.1. The second-order valence-corrected chi connectivity index (χ2v) is 4.95. The van der Waals surface area contributed by atoms with Gasteiger partial charge in [0.2, 0.25) is 0 Å². The molecule has 0 spiro atoms. The van der Waals surface area contributed by atoms with Crippen LogP contribution in [0, 0.1) is 5.41 Å². The van der Waals surface area contributed by atoms with Crippen LogP contribution in [-0.4, -0.2) is 23.6 Å². The highest BCUT2D eigenvalue weighted by Gasteiger charge is 2.28. The maximum Gasteiger partial charge on any atom is 0.306 e. The molecule has 0 aliphatic heterocycles. The van der Waals surface area contributed by atoms with Gasteiger partial charge in [-0.2, -0.15) is 0 Å². The highest BCUT2D eigenvalue weighted by molar-refractivity contribution is 5.89. The fourth-order valence-corrected chi connectivity index (χ4v) is 1.20. The van der Waals surface area contributed by atoms with Crippen molar-refractivity contribution in [3.05, 3.63) is 0 Å². The molecule has 0 radical (unpaired) electrons. The van der Waals surface area contributed by atoms with Gasteiger partial charge in [0, 0.05) is 11.8 Å². The van der Waals surface area contributed by atoms with Gasteiger partial charge in [0.1, 0.15) is 5.78 Å². The Morgan fingerprint density at radius 1 is 1.12 bits per heavy atom. The van der Waals surface area contributed by atoms with Crippen molar-refractivity contribution in [2.75, 3.05) is 0 Å². The molecule has 0 aliphatic rings. The smallest absolute Gasteiger partial charge is 0.306 e. The van der Waals surface area contributed by atoms with Gasteiger partial charge in [-0.1, -0.05) is 20.8 Å². The number of ketones is 2. The van der Waals surface area contributed by atoms with Gasteiger partial charge in [-0.05, 0) is 13.8 Å². The number of hydrogen-bond donors (Lipinski definition) is 0. The zero-order chi connectivity index (χ0) is 12.9. The highest BCUT2D eigenvalue weighted by atomic mass is 16.5. The Hall–Kier alpha value is -1.19. The summed E-state index contributed by atoms with van der Waals surface area (Å²) < 4.78 is 4.95. The molecule has 4 heteroatoms. The molecule has 1 unspecified atom stereocenters. The first-order chi connectivity index (χ1) is 7.14. The molecule has 16 heavy (non-hydrogen) atoms. The van der Waals surface area contributed by atoms with Crippen LogP contribution in [0.3, 0.4) is 0 Å². The average Bonchev–Trinajstić information content (AvgIpc) is 2.11. The lowest BCUT2D eigenvalue weighted by atomic mass is 9.88. The topological polar surface area (TPSA) is 60.4 Å². The monoisotopic (exact) mass is 228 g/mol. The Morgan fingerprint density at radius 3 is 2.00 bits per heavy atom. The van der Waals surface area contributed by atoms with Crippen molar-refractivity contribution in [1.82, 2.24) is 0 Å². The molecule has 0 aromatic heterocycles. The van der Waals surface area contributed by atoms with E-state index in [1.165, 1.54) is 6.92 Å². The van der Waals surface area contributed by atoms with Crippen LogP contribution in [0.15, 0.2) is 0 Å². The van der Waals surface area contributed by atoms with Gasteiger partial charge >= 0.3 is 5.97 Å². The van der Waals surface area contributed by atoms with E-state index in [0.29, 0.717) is 0 Å². The van der Waals surface area contributed by atoms with Crippen LogP contribution < -0.4 is 0 Å². The second-order valence-electron chi connectivity index (χ2n) is 4.95. The first-order valence-electron chi connectivity index (χ1n) is 5.38. The molecule has 92 valence electrons. The second kappa shape index (κ2) is 5.77. The van der Waals surface area contributed by atoms with Crippen LogP contribution in [0.2, 0.25) is 0 Å². The number of carbonyl (C=O) groups excluding carboxylic acids is 3. The van der Waals surface area contributed by atoms with Gasteiger partial charge in [0.05, 0.1) is 6.42 Å². The first kappa shape index (κ1) is 14.8. The number of rotatable bonds is 5. The minimum Gasteiger partial charge on any atom is -0.455 e. The first-order valence-corrected chi connectivity index (χ1v) is 5.38. The van der Waals surface area contributed by atoms with E-state index in [1.807, 2.05) is 0 Å². The van der Waals surface area contributed by atoms with Gasteiger partial charge in [0.15, 0.2) is 11.9 Å². The van der Waals surface area contributed by atoms with Crippen molar-refractivity contribution >= 4 is 17.5 Å². The van der Waals surface area contributed by atoms with E-state index >= 15 is 0 Å². The van der Waals surface area contributed by atoms with Crippen LogP contribution in [0.4, 0.5) is 0 Å². The van der Waals surface area contributed by atoms with Crippen LogP contribution >= 0.6 is 0 Å². The lowest BCUT2D eigenvalue weighted by Crippen LogP contribution is -2.33. The third-order valence-electron chi connectivity index (χ3n) is 2.10. The molecule has 0 aromatic carbocycles. The van der Waals surface area contributed by atoms with Crippen molar-refractivity contribution in [2.24, 2.45) is 5.41 Å². The van der Waals surface area contributed by atoms with Crippen molar-refractivity contribution in [1.29, 1.82) is 0 Å². The Balaban J connectivity index is 4.15. The van der Waals surface area contributed by atoms with Crippen LogP contribution in [0.1, 0.15) is 47.5 Å². The van der Waals surface area contributed by atoms with E-state index in [4.69, 9.17) is 4.74 Å². The summed E-state index contributed by atoms with van der Waals surface area (Å²) in [6.07, 6.45) is -0.550. The lowest BCUT2D eigenvalue weighted by molar-refractivity contribution is -0.157. The summed E-state index contributed by atoms with van der Waals surface area (Å²) in [6.45, 7) is 8.29. The van der Waals surface area contributed by atoms with Crippen LogP contribution in [0.25, 0.3) is 0 Å². The summed E-state index contributed by atoms with van der Waals surface area (Å²) in [6, 6.07) is 0. The highest BCUT2D eigenvalue weighted by Crippen LogP contribution is 2.18. The molecule has 0 amide bonds. The molecular weight excluding hydrogens is 208 g/mol. The molecule has 0 saturated carbocycles. The molecule has 4 nitrogen and oxygen atoms in total. The minimum atomic E-state index is -0.751. The predicted octanol–water partition coefficient (Wildman–Crippen LogP) is 1.90. The van der Waals surface area contributed by atoms with Crippen molar-refractivity contribution in [2.45, 2.75) is 53.6 Å². The van der Waals surface area contributed by atoms with Gasteiger partial charge in [-0.25, -0.2) is 0 Å². The van der Waals surface area contributed by atoms with E-state index < -0.39 is 17.5 Å². The summed E-state index contributed by atoms with van der Waals surface area (Å²) in [5.41, 5.74) is -0.528. The third-order valence-corrected chi connectivity index (χ3v) is 2.10. The standard InChI is InChI=1S/C12H20O4/c1-8(13)6-7-10(14)16-9(2)11(15)12(3,4)5/h9H,6-7H2,1-5H3. The molecule has 0 heterocycles. The SMILES string of the molecule is CC(=O)CCC(=O)OC(C)C(=O)C(C)(C)C. The van der Waals surface area contributed by atoms with E-state index in [0.717, 1.165) is 0 Å². The number of hydrogen-bond acceptors (Lipinski definition) is 4. The van der Waals surface area contributed by atoms with E-state index in [2.05, 4.69) is 0 Å². The van der Waals surface area contributed by atoms with Gasteiger partial charge in [-0.3, -0.25) is 9.59 Å². The summed E-state index contributed by atoms with van der Waals surface area (Å²) in [5.74, 6) is -0.685. The molecule has 1 atom stereocenters. The summed E-state index contributed by atoms with van der Waals surface area (Å²) in [5, 5.41) is 0. The number of Topliss-reactive ketones (excluding diaryl/α,β-unsaturated/α-hetero) is 2. The Kier molecular flexibility index (Phi) is 5.35. The third kappa shape index (κ3) is 5.63. The summed E-state index contributed by atoms with van der Waals surface area (Å²) >= 11 is 0. The summed E-state index contributed by atoms with van der Waals surface area (Å²) in [7, 11) is 0. The Morgan fingerprint density at radius 2 is 1.62 bits per heavy atom. The van der Waals surface area contributed by atoms with Gasteiger partial charge in [-0.15, -0.1) is 0 Å². The fraction of sp³-hybridized carbons (Fsp3) is 0.750. The molecule has 0 saturated heterocycles. The fourth-order valence-electron chi connectivity index (χ4n) is 1.20. The molecule has 0 aliphatic carbocycles. The number of ether oxygens (including phenoxy) is 1. The van der Waals surface area contributed by atoms with E-state index in [-0.39, 0.29) is 24.4 Å². The Bertz CT molecular complexity index is 286. The van der Waals surface area contributed by atoms with Crippen molar-refractivity contribution in [3.63, 3.8) is 0 Å². The maximum absolute atomic E-state index is 11.7. The molecule has 0 fully saturated rings. The Labute approximate surface area is 96.4 Å². The molecule has 0 bridgehead atoms. The number of esters is 1. The number of carbonyl (C=O) groups is 3. The van der Waals surface area contributed by atoms with Crippen molar-refractivity contribution < 1.29 is 19.1 Å². The largest absolute Gasteiger partial charge is 0.455 e. The van der Waals surface area contributed by atoms with Gasteiger partial charge < -0.3 is 9.53 Å². The average molecular weight is 228 g/mol. The lowest BCUT2D eigenvalue weighted by Gasteiger charge is -2.21. The minimum absolute atomic E-state index is 0.0388. The molecule has 0 rings (SSSR count). The van der Waals surface area contributed by atoms with Crippen LogP contribution in [0.5, 0.6) is 0 Å². The summed E-state index contributed by atoms with van der Waals surface area (Å²) in [4.78, 5) is 33.6. The zero-order valence-corrected chi connectivity index (χ0v) is 10.6. The quantitative estimate of drug-likeness (QED) is 0.674. The van der Waals surface area contributed by atoms with Crippen molar-refractivity contribution in [3.8, 4) is 0 Å². The zero-order valence-electron chi connectivity index (χ0n) is 10.6. The van der Waals surface area contributed by atoms with Crippen LogP contribution in [-0.2, 0) is 19.1 Å². The maximum atomic E-state index is 11.7. The van der Waals surface area contributed by atoms with Gasteiger partial charge in [0.25, 0.3) is 0 Å². The predicted molar refractivity (Wildman–Crippen MR) is 59.9 cm³/mol. The van der Waals surface area contributed by atoms with E-state index in [9.17, 15) is 14.4 Å².